The Morgan fingerprint density at radius 2 is 1.20 bits per heavy atom. The lowest BCUT2D eigenvalue weighted by molar-refractivity contribution is 0.0248. The first kappa shape index (κ1) is 8.69. The number of hydrogen-bond acceptors (Lipinski definition) is 0. The van der Waals surface area contributed by atoms with Gasteiger partial charge >= 0.3 is 0 Å². The van der Waals surface area contributed by atoms with Crippen LogP contribution in [-0.2, 0) is 10.7 Å². The van der Waals surface area contributed by atoms with E-state index in [9.17, 15) is 5.11 Å². The Morgan fingerprint density at radius 1 is 0.800 bits per heavy atom. The summed E-state index contributed by atoms with van der Waals surface area (Å²) < 4.78 is 0. The first-order chi connectivity index (χ1) is 7.21. The third-order valence-corrected chi connectivity index (χ3v) is 3.17. The minimum absolute atomic E-state index is 0.895. The fourth-order valence-corrected chi connectivity index (χ4v) is 2.41. The van der Waals surface area contributed by atoms with E-state index < -0.39 is 5.60 Å². The van der Waals surface area contributed by atoms with Gasteiger partial charge in [0.2, 0.25) is 0 Å². The Labute approximate surface area is 89.0 Å². The summed E-state index contributed by atoms with van der Waals surface area (Å²) in [6.45, 7) is 1.75. The molecule has 1 aliphatic carbocycles. The molecule has 1 aliphatic rings. The van der Waals surface area contributed by atoms with Crippen LogP contribution < -0.4 is 0 Å². The molecule has 0 heterocycles. The van der Waals surface area contributed by atoms with Crippen molar-refractivity contribution >= 4 is 0 Å². The van der Waals surface area contributed by atoms with Crippen molar-refractivity contribution in [2.75, 3.05) is 0 Å². The van der Waals surface area contributed by atoms with Gasteiger partial charge in [-0.3, -0.25) is 0 Å². The molecule has 0 fully saturated rings. The molecule has 0 spiro atoms. The maximum atomic E-state index is 12.5. The zero-order chi connectivity index (χ0) is 10.5. The van der Waals surface area contributed by atoms with Gasteiger partial charge in [-0.15, -0.1) is 0 Å². The number of rotatable bonds is 0. The molecular weight excluding hydrogens is 184 g/mol. The lowest BCUT2D eigenvalue weighted by Gasteiger charge is -2.16. The second-order valence-corrected chi connectivity index (χ2v) is 4.12. The van der Waals surface area contributed by atoms with Gasteiger partial charge in [0.25, 0.3) is 0 Å². The summed E-state index contributed by atoms with van der Waals surface area (Å²) >= 11 is 0. The van der Waals surface area contributed by atoms with Gasteiger partial charge in [-0.25, -0.2) is 5.11 Å². The number of benzene rings is 2. The Kier molecular flexibility index (Phi) is 1.57. The Morgan fingerprint density at radius 3 is 1.67 bits per heavy atom. The normalized spacial score (nSPS) is 15.9. The monoisotopic (exact) mass is 195 g/mol. The van der Waals surface area contributed by atoms with Gasteiger partial charge in [0.05, 0.1) is 0 Å². The summed E-state index contributed by atoms with van der Waals surface area (Å²) in [4.78, 5) is 0. The topological polar surface area (TPSA) is 19.9 Å². The molecular formula is C14H11O. The van der Waals surface area contributed by atoms with Crippen LogP contribution in [0.15, 0.2) is 48.5 Å². The van der Waals surface area contributed by atoms with Gasteiger partial charge in [-0.2, -0.15) is 0 Å². The van der Waals surface area contributed by atoms with Gasteiger partial charge in [-0.1, -0.05) is 48.5 Å². The van der Waals surface area contributed by atoms with Crippen molar-refractivity contribution in [1.29, 1.82) is 0 Å². The van der Waals surface area contributed by atoms with Crippen LogP contribution in [0.5, 0.6) is 0 Å². The maximum absolute atomic E-state index is 12.5. The molecule has 2 aromatic carbocycles. The highest BCUT2D eigenvalue weighted by atomic mass is 16.3. The summed E-state index contributed by atoms with van der Waals surface area (Å²) in [6, 6.07) is 15.7. The Hall–Kier alpha value is -1.60. The fourth-order valence-electron chi connectivity index (χ4n) is 2.41. The molecule has 0 aliphatic heterocycles. The molecule has 0 amide bonds. The molecule has 0 atom stereocenters. The summed E-state index contributed by atoms with van der Waals surface area (Å²) in [5, 5.41) is 12.5. The molecule has 2 aromatic rings. The average Bonchev–Trinajstić information content (AvgIpc) is 2.51. The summed E-state index contributed by atoms with van der Waals surface area (Å²) in [7, 11) is 0. The Bertz CT molecular complexity index is 479. The highest BCUT2D eigenvalue weighted by Crippen LogP contribution is 2.47. The first-order valence-electron chi connectivity index (χ1n) is 5.11. The molecule has 3 rings (SSSR count). The van der Waals surface area contributed by atoms with Crippen molar-refractivity contribution in [3.63, 3.8) is 0 Å². The molecule has 1 radical (unpaired) electrons. The van der Waals surface area contributed by atoms with Crippen LogP contribution >= 0.6 is 0 Å². The zero-order valence-corrected chi connectivity index (χ0v) is 8.53. The van der Waals surface area contributed by atoms with Gasteiger partial charge < -0.3 is 0 Å². The first-order valence-corrected chi connectivity index (χ1v) is 5.11. The molecule has 1 heteroatoms. The van der Waals surface area contributed by atoms with Crippen molar-refractivity contribution in [3.8, 4) is 11.1 Å². The van der Waals surface area contributed by atoms with Crippen LogP contribution in [0, 0.1) is 0 Å². The second-order valence-electron chi connectivity index (χ2n) is 4.12. The lowest BCUT2D eigenvalue weighted by Crippen LogP contribution is -2.16. The smallest absolute Gasteiger partial charge is 0.152 e. The predicted octanol–water partition coefficient (Wildman–Crippen LogP) is 3.36. The van der Waals surface area contributed by atoms with E-state index in [4.69, 9.17) is 0 Å². The molecule has 0 bridgehead atoms. The highest BCUT2D eigenvalue weighted by molar-refractivity contribution is 5.79. The van der Waals surface area contributed by atoms with Crippen LogP contribution in [0.2, 0.25) is 0 Å². The molecule has 1 nitrogen and oxygen atoms in total. The molecule has 15 heavy (non-hydrogen) atoms. The average molecular weight is 195 g/mol. The Balaban J connectivity index is 2.42. The molecule has 73 valence electrons. The van der Waals surface area contributed by atoms with Gasteiger partial charge in [0.15, 0.2) is 5.60 Å². The van der Waals surface area contributed by atoms with E-state index in [0.717, 1.165) is 22.3 Å². The largest absolute Gasteiger partial charge is 0.219 e. The molecule has 0 N–H and O–H groups in total. The SMILES string of the molecule is CC1([O])c2ccccc2-c2ccccc21. The quantitative estimate of drug-likeness (QED) is 0.614. The van der Waals surface area contributed by atoms with Crippen LogP contribution in [0.25, 0.3) is 11.1 Å². The molecule has 0 aromatic heterocycles. The number of hydrogen-bond donors (Lipinski definition) is 0. The van der Waals surface area contributed by atoms with Crippen LogP contribution in [0.3, 0.4) is 0 Å². The van der Waals surface area contributed by atoms with E-state index >= 15 is 0 Å². The zero-order valence-electron chi connectivity index (χ0n) is 8.53. The minimum Gasteiger partial charge on any atom is -0.219 e. The minimum atomic E-state index is -1.09. The van der Waals surface area contributed by atoms with Crippen molar-refractivity contribution in [2.24, 2.45) is 0 Å². The molecule has 0 unspecified atom stereocenters. The summed E-state index contributed by atoms with van der Waals surface area (Å²) in [5.74, 6) is 0. The lowest BCUT2D eigenvalue weighted by atomic mass is 9.94. The van der Waals surface area contributed by atoms with E-state index in [1.54, 1.807) is 6.92 Å². The summed E-state index contributed by atoms with van der Waals surface area (Å²) in [6.07, 6.45) is 0. The third-order valence-electron chi connectivity index (χ3n) is 3.17. The van der Waals surface area contributed by atoms with Gasteiger partial charge in [-0.05, 0) is 29.2 Å². The van der Waals surface area contributed by atoms with Crippen LogP contribution in [-0.4, -0.2) is 0 Å². The van der Waals surface area contributed by atoms with E-state index in [2.05, 4.69) is 0 Å². The van der Waals surface area contributed by atoms with Crippen molar-refractivity contribution in [3.05, 3.63) is 59.7 Å². The summed E-state index contributed by atoms with van der Waals surface area (Å²) in [5.41, 5.74) is 2.88. The fraction of sp³-hybridized carbons (Fsp3) is 0.143. The second kappa shape index (κ2) is 2.71. The standard InChI is InChI=1S/C14H11O/c1-14(15)12-8-4-2-6-10(12)11-7-3-5-9-13(11)14/h2-9H,1H3. The molecule has 0 saturated heterocycles. The number of fused-ring (bicyclic) bond motifs is 3. The van der Waals surface area contributed by atoms with Crippen molar-refractivity contribution in [1.82, 2.24) is 0 Å². The van der Waals surface area contributed by atoms with Crippen molar-refractivity contribution in [2.45, 2.75) is 12.5 Å². The van der Waals surface area contributed by atoms with Crippen molar-refractivity contribution < 1.29 is 5.11 Å². The van der Waals surface area contributed by atoms with E-state index in [1.807, 2.05) is 48.5 Å². The maximum Gasteiger partial charge on any atom is 0.152 e. The van der Waals surface area contributed by atoms with E-state index in [0.29, 0.717) is 0 Å². The van der Waals surface area contributed by atoms with E-state index in [1.165, 1.54) is 0 Å². The van der Waals surface area contributed by atoms with Crippen LogP contribution in [0.4, 0.5) is 0 Å². The highest BCUT2D eigenvalue weighted by Gasteiger charge is 2.38. The molecule has 0 saturated carbocycles. The van der Waals surface area contributed by atoms with E-state index in [-0.39, 0.29) is 0 Å². The van der Waals surface area contributed by atoms with Gasteiger partial charge in [0, 0.05) is 0 Å². The predicted molar refractivity (Wildman–Crippen MR) is 59.0 cm³/mol. The van der Waals surface area contributed by atoms with Gasteiger partial charge in [0.1, 0.15) is 0 Å². The third kappa shape index (κ3) is 1.01. The van der Waals surface area contributed by atoms with Crippen LogP contribution in [0.1, 0.15) is 18.1 Å².